The summed E-state index contributed by atoms with van der Waals surface area (Å²) in [6.07, 6.45) is 0.904. The van der Waals surface area contributed by atoms with E-state index < -0.39 is 4.92 Å². The maximum atomic E-state index is 11.7. The first-order valence-corrected chi connectivity index (χ1v) is 7.67. The lowest BCUT2D eigenvalue weighted by Crippen LogP contribution is -2.34. The van der Waals surface area contributed by atoms with Gasteiger partial charge in [-0.2, -0.15) is 0 Å². The molecule has 2 aromatic carbocycles. The molecule has 1 heterocycles. The van der Waals surface area contributed by atoms with Gasteiger partial charge in [0.1, 0.15) is 0 Å². The van der Waals surface area contributed by atoms with Crippen molar-refractivity contribution >= 4 is 17.3 Å². The number of carbonyl (C=O) groups is 1. The molecule has 3 N–H and O–H groups in total. The Morgan fingerprint density at radius 2 is 2.00 bits per heavy atom. The molecule has 0 atom stereocenters. The second-order valence-electron chi connectivity index (χ2n) is 5.75. The summed E-state index contributed by atoms with van der Waals surface area (Å²) in [5, 5.41) is 11.0. The second kappa shape index (κ2) is 6.67. The maximum Gasteiger partial charge on any atom is 0.269 e. The monoisotopic (exact) mass is 326 g/mol. The van der Waals surface area contributed by atoms with Gasteiger partial charge >= 0.3 is 0 Å². The highest BCUT2D eigenvalue weighted by atomic mass is 16.6. The number of hydrogen-bond acceptors (Lipinski definition) is 5. The molecule has 0 spiro atoms. The predicted molar refractivity (Wildman–Crippen MR) is 90.3 cm³/mol. The number of nitrogens with zero attached hydrogens (tertiary/aromatic N) is 2. The predicted octanol–water partition coefficient (Wildman–Crippen LogP) is 1.69. The fourth-order valence-corrected chi connectivity index (χ4v) is 3.06. The summed E-state index contributed by atoms with van der Waals surface area (Å²) < 4.78 is 0. The van der Waals surface area contributed by atoms with Gasteiger partial charge in [-0.15, -0.1) is 0 Å². The molecule has 124 valence electrons. The Kier molecular flexibility index (Phi) is 4.43. The number of benzene rings is 2. The van der Waals surface area contributed by atoms with Crippen LogP contribution < -0.4 is 16.2 Å². The Morgan fingerprint density at radius 1 is 1.25 bits per heavy atom. The summed E-state index contributed by atoms with van der Waals surface area (Å²) in [6, 6.07) is 12.9. The Bertz CT molecular complexity index is 791. The molecule has 7 heteroatoms. The number of nitro benzene ring substituents is 1. The van der Waals surface area contributed by atoms with Crippen LogP contribution >= 0.6 is 0 Å². The second-order valence-corrected chi connectivity index (χ2v) is 5.75. The molecule has 24 heavy (non-hydrogen) atoms. The maximum absolute atomic E-state index is 11.7. The van der Waals surface area contributed by atoms with Crippen molar-refractivity contribution in [3.63, 3.8) is 0 Å². The lowest BCUT2D eigenvalue weighted by Gasteiger charge is -2.32. The average Bonchev–Trinajstić information content (AvgIpc) is 2.61. The molecule has 2 aromatic rings. The SMILES string of the molecule is NNC(=O)Cc1cc([N+](=O)[O-])ccc1N1CCc2ccccc2C1. The van der Waals surface area contributed by atoms with Gasteiger partial charge in [0.2, 0.25) is 5.91 Å². The number of rotatable bonds is 4. The normalized spacial score (nSPS) is 13.3. The molecule has 0 bridgehead atoms. The Hall–Kier alpha value is -2.93. The van der Waals surface area contributed by atoms with Crippen LogP contribution in [0, 0.1) is 10.1 Å². The zero-order valence-corrected chi connectivity index (χ0v) is 13.1. The van der Waals surface area contributed by atoms with E-state index in [-0.39, 0.29) is 18.0 Å². The van der Waals surface area contributed by atoms with Crippen molar-refractivity contribution in [2.45, 2.75) is 19.4 Å². The van der Waals surface area contributed by atoms with Gasteiger partial charge in [-0.05, 0) is 29.2 Å². The van der Waals surface area contributed by atoms with Gasteiger partial charge in [0, 0.05) is 30.9 Å². The molecule has 1 aliphatic rings. The highest BCUT2D eigenvalue weighted by Crippen LogP contribution is 2.30. The molecule has 0 fully saturated rings. The molecule has 7 nitrogen and oxygen atoms in total. The summed E-state index contributed by atoms with van der Waals surface area (Å²) in [6.45, 7) is 1.51. The summed E-state index contributed by atoms with van der Waals surface area (Å²) in [7, 11) is 0. The third-order valence-electron chi connectivity index (χ3n) is 4.26. The van der Waals surface area contributed by atoms with Crippen molar-refractivity contribution in [2.24, 2.45) is 5.84 Å². The fourth-order valence-electron chi connectivity index (χ4n) is 3.06. The number of non-ortho nitro benzene ring substituents is 1. The average molecular weight is 326 g/mol. The number of amides is 1. The van der Waals surface area contributed by atoms with E-state index in [9.17, 15) is 14.9 Å². The van der Waals surface area contributed by atoms with Crippen LogP contribution in [0.1, 0.15) is 16.7 Å². The van der Waals surface area contributed by atoms with Crippen molar-refractivity contribution in [1.82, 2.24) is 5.43 Å². The first-order chi connectivity index (χ1) is 11.6. The van der Waals surface area contributed by atoms with Gasteiger partial charge in [-0.25, -0.2) is 5.84 Å². The Balaban J connectivity index is 1.95. The molecule has 0 unspecified atom stereocenters. The quantitative estimate of drug-likeness (QED) is 0.385. The van der Waals surface area contributed by atoms with Gasteiger partial charge in [0.05, 0.1) is 11.3 Å². The summed E-state index contributed by atoms with van der Waals surface area (Å²) in [5.74, 6) is 4.78. The minimum atomic E-state index is -0.459. The lowest BCUT2D eigenvalue weighted by atomic mass is 9.98. The number of nitro groups is 1. The zero-order chi connectivity index (χ0) is 17.1. The number of hydrogen-bond donors (Lipinski definition) is 2. The minimum Gasteiger partial charge on any atom is -0.367 e. The molecule has 0 radical (unpaired) electrons. The number of fused-ring (bicyclic) bond motifs is 1. The molecule has 0 aromatic heterocycles. The number of hydrazine groups is 1. The van der Waals surface area contributed by atoms with Gasteiger partial charge in [0.15, 0.2) is 0 Å². The molecule has 0 saturated carbocycles. The van der Waals surface area contributed by atoms with E-state index >= 15 is 0 Å². The number of nitrogens with one attached hydrogen (secondary N) is 1. The van der Waals surface area contributed by atoms with Crippen LogP contribution in [0.2, 0.25) is 0 Å². The molecule has 0 saturated heterocycles. The lowest BCUT2D eigenvalue weighted by molar-refractivity contribution is -0.384. The van der Waals surface area contributed by atoms with E-state index in [4.69, 9.17) is 5.84 Å². The first-order valence-electron chi connectivity index (χ1n) is 7.67. The Morgan fingerprint density at radius 3 is 2.71 bits per heavy atom. The van der Waals surface area contributed by atoms with Crippen molar-refractivity contribution in [3.8, 4) is 0 Å². The summed E-state index contributed by atoms with van der Waals surface area (Å²) >= 11 is 0. The van der Waals surface area contributed by atoms with E-state index in [1.54, 1.807) is 6.07 Å². The van der Waals surface area contributed by atoms with E-state index in [1.807, 2.05) is 12.1 Å². The third kappa shape index (κ3) is 3.21. The Labute approximate surface area is 139 Å². The van der Waals surface area contributed by atoms with Crippen LogP contribution in [0.15, 0.2) is 42.5 Å². The zero-order valence-electron chi connectivity index (χ0n) is 13.1. The van der Waals surface area contributed by atoms with Crippen molar-refractivity contribution in [2.75, 3.05) is 11.4 Å². The first kappa shape index (κ1) is 15.9. The van der Waals surface area contributed by atoms with Gasteiger partial charge < -0.3 is 4.90 Å². The van der Waals surface area contributed by atoms with Crippen molar-refractivity contribution < 1.29 is 9.72 Å². The van der Waals surface area contributed by atoms with Gasteiger partial charge in [-0.3, -0.25) is 20.3 Å². The highest BCUT2D eigenvalue weighted by molar-refractivity contribution is 5.80. The van der Waals surface area contributed by atoms with Crippen LogP contribution in [0.25, 0.3) is 0 Å². The number of anilines is 1. The van der Waals surface area contributed by atoms with Crippen LogP contribution in [-0.4, -0.2) is 17.4 Å². The molecule has 3 rings (SSSR count). The number of nitrogens with two attached hydrogens (primary N) is 1. The van der Waals surface area contributed by atoms with Crippen molar-refractivity contribution in [3.05, 3.63) is 69.3 Å². The molecule has 0 aliphatic carbocycles. The fraction of sp³-hybridized carbons (Fsp3) is 0.235. The topological polar surface area (TPSA) is 101 Å². The molecule has 1 amide bonds. The molecule has 1 aliphatic heterocycles. The van der Waals surface area contributed by atoms with E-state index in [0.29, 0.717) is 12.1 Å². The summed E-state index contributed by atoms with van der Waals surface area (Å²) in [5.41, 5.74) is 6.03. The van der Waals surface area contributed by atoms with Gasteiger partial charge in [0.25, 0.3) is 5.69 Å². The van der Waals surface area contributed by atoms with Crippen LogP contribution in [0.3, 0.4) is 0 Å². The van der Waals surface area contributed by atoms with E-state index in [2.05, 4.69) is 22.5 Å². The third-order valence-corrected chi connectivity index (χ3v) is 4.26. The summed E-state index contributed by atoms with van der Waals surface area (Å²) in [4.78, 5) is 24.4. The van der Waals surface area contributed by atoms with Crippen LogP contribution in [-0.2, 0) is 24.2 Å². The largest absolute Gasteiger partial charge is 0.367 e. The van der Waals surface area contributed by atoms with Crippen LogP contribution in [0.4, 0.5) is 11.4 Å². The molecular weight excluding hydrogens is 308 g/mol. The van der Waals surface area contributed by atoms with Gasteiger partial charge in [-0.1, -0.05) is 24.3 Å². The van der Waals surface area contributed by atoms with Crippen molar-refractivity contribution in [1.29, 1.82) is 0 Å². The number of carbonyl (C=O) groups excluding carboxylic acids is 1. The van der Waals surface area contributed by atoms with Crippen LogP contribution in [0.5, 0.6) is 0 Å². The van der Waals surface area contributed by atoms with E-state index in [0.717, 1.165) is 18.7 Å². The highest BCUT2D eigenvalue weighted by Gasteiger charge is 2.21. The van der Waals surface area contributed by atoms with E-state index in [1.165, 1.54) is 23.3 Å². The standard InChI is InChI=1S/C17H18N4O3/c18-19-17(22)10-14-9-15(21(23)24)5-6-16(14)20-8-7-12-3-1-2-4-13(12)11-20/h1-6,9H,7-8,10-11,18H2,(H,19,22). The minimum absolute atomic E-state index is 0.00562. The smallest absolute Gasteiger partial charge is 0.269 e. The molecular formula is C17H18N4O3.